The van der Waals surface area contributed by atoms with Gasteiger partial charge in [0.15, 0.2) is 0 Å². The third-order valence-electron chi connectivity index (χ3n) is 3.16. The molecular formula is C14H19FN2. The average Bonchev–Trinajstić information content (AvgIpc) is 2.71. The highest BCUT2D eigenvalue weighted by Gasteiger charge is 2.21. The summed E-state index contributed by atoms with van der Waals surface area (Å²) >= 11 is 0. The molecule has 92 valence electrons. The Morgan fingerprint density at radius 3 is 2.71 bits per heavy atom. The van der Waals surface area contributed by atoms with Crippen molar-refractivity contribution in [1.29, 1.82) is 0 Å². The molecule has 0 bridgehead atoms. The second-order valence-electron chi connectivity index (χ2n) is 4.95. The number of fused-ring (bicyclic) bond motifs is 1. The fourth-order valence-corrected chi connectivity index (χ4v) is 1.61. The molecule has 0 saturated heterocycles. The molecular weight excluding hydrogens is 215 g/mol. The van der Waals surface area contributed by atoms with Crippen molar-refractivity contribution >= 4 is 10.9 Å². The van der Waals surface area contributed by atoms with Gasteiger partial charge in [0.2, 0.25) is 0 Å². The van der Waals surface area contributed by atoms with Crippen molar-refractivity contribution in [2.75, 3.05) is 14.1 Å². The molecule has 2 nitrogen and oxygen atoms in total. The van der Waals surface area contributed by atoms with Crippen LogP contribution < -0.4 is 0 Å². The van der Waals surface area contributed by atoms with Gasteiger partial charge in [0.1, 0.15) is 5.82 Å². The molecule has 2 aromatic rings. The predicted molar refractivity (Wildman–Crippen MR) is 69.7 cm³/mol. The normalized spacial score (nSPS) is 15.2. The van der Waals surface area contributed by atoms with Gasteiger partial charge < -0.3 is 9.47 Å². The number of halogens is 1. The summed E-state index contributed by atoms with van der Waals surface area (Å²) in [5.41, 5.74) is -0.00538. The van der Waals surface area contributed by atoms with Crippen LogP contribution in [0.2, 0.25) is 0 Å². The molecule has 0 aliphatic carbocycles. The van der Waals surface area contributed by atoms with Crippen LogP contribution in [0.15, 0.2) is 30.5 Å². The lowest BCUT2D eigenvalue weighted by Crippen LogP contribution is -2.41. The van der Waals surface area contributed by atoms with Crippen molar-refractivity contribution in [2.45, 2.75) is 25.9 Å². The minimum absolute atomic E-state index is 0.308. The lowest BCUT2D eigenvalue weighted by Gasteiger charge is -2.33. The second-order valence-corrected chi connectivity index (χ2v) is 4.95. The fourth-order valence-electron chi connectivity index (χ4n) is 1.61. The quantitative estimate of drug-likeness (QED) is 0.795. The number of likely N-dealkylation sites (N-methyl/N-ethyl adjacent to an activating group) is 1. The molecule has 3 heteroatoms. The zero-order valence-corrected chi connectivity index (χ0v) is 10.7. The molecule has 1 heterocycles. The highest BCUT2D eigenvalue weighted by Crippen LogP contribution is 2.21. The summed E-state index contributed by atoms with van der Waals surface area (Å²) < 4.78 is 31.7. The van der Waals surface area contributed by atoms with E-state index in [9.17, 15) is 4.39 Å². The molecule has 0 radical (unpaired) electrons. The standard InChI is InChI=1S/C14H19FN2/c1-14(2,16(3)4)10-17-8-7-11-9-12(15)5-6-13(11)17/h5-9H,10H2,1-4H3/i10D2. The SMILES string of the molecule is [2H]C([2H])(n1ccc2cc(F)ccc21)C(C)(C)N(C)C. The Morgan fingerprint density at radius 2 is 2.06 bits per heavy atom. The molecule has 2 rings (SSSR count). The van der Waals surface area contributed by atoms with Gasteiger partial charge in [-0.3, -0.25) is 0 Å². The molecule has 1 aromatic carbocycles. The van der Waals surface area contributed by atoms with E-state index in [1.54, 1.807) is 22.9 Å². The van der Waals surface area contributed by atoms with Crippen LogP contribution in [0.5, 0.6) is 0 Å². The smallest absolute Gasteiger partial charge is 0.123 e. The molecule has 0 spiro atoms. The Morgan fingerprint density at radius 1 is 1.35 bits per heavy atom. The first kappa shape index (κ1) is 9.66. The zero-order valence-electron chi connectivity index (χ0n) is 12.7. The van der Waals surface area contributed by atoms with E-state index in [-0.39, 0.29) is 5.82 Å². The third kappa shape index (κ3) is 2.34. The van der Waals surface area contributed by atoms with E-state index in [2.05, 4.69) is 0 Å². The molecule has 0 aliphatic heterocycles. The van der Waals surface area contributed by atoms with Gasteiger partial charge in [-0.2, -0.15) is 0 Å². The number of hydrogen-bond acceptors (Lipinski definition) is 1. The Labute approximate surface area is 104 Å². The molecule has 1 aromatic heterocycles. The second kappa shape index (κ2) is 4.15. The molecule has 0 fully saturated rings. The maximum atomic E-state index is 13.2. The van der Waals surface area contributed by atoms with Gasteiger partial charge in [-0.25, -0.2) is 4.39 Å². The largest absolute Gasteiger partial charge is 0.346 e. The Bertz CT molecular complexity index is 603. The topological polar surface area (TPSA) is 8.17 Å². The van der Waals surface area contributed by atoms with E-state index >= 15 is 0 Å². The van der Waals surface area contributed by atoms with Crippen molar-refractivity contribution in [2.24, 2.45) is 0 Å². The molecule has 0 amide bonds. The third-order valence-corrected chi connectivity index (χ3v) is 3.16. The van der Waals surface area contributed by atoms with Crippen LogP contribution in [0.3, 0.4) is 0 Å². The van der Waals surface area contributed by atoms with E-state index in [0.29, 0.717) is 10.9 Å². The maximum absolute atomic E-state index is 13.2. The predicted octanol–water partition coefficient (Wildman–Crippen LogP) is 3.12. The van der Waals surface area contributed by atoms with Crippen molar-refractivity contribution < 1.29 is 7.13 Å². The summed E-state index contributed by atoms with van der Waals surface area (Å²) in [4.78, 5) is 1.85. The molecule has 0 N–H and O–H groups in total. The minimum atomic E-state index is -1.62. The van der Waals surface area contributed by atoms with Gasteiger partial charge in [-0.05, 0) is 52.2 Å². The Balaban J connectivity index is 2.61. The van der Waals surface area contributed by atoms with E-state index in [1.165, 1.54) is 12.1 Å². The molecule has 0 atom stereocenters. The first-order valence-electron chi connectivity index (χ1n) is 6.62. The number of aromatic nitrogens is 1. The summed E-state index contributed by atoms with van der Waals surface area (Å²) in [7, 11) is 3.70. The summed E-state index contributed by atoms with van der Waals surface area (Å²) in [6, 6.07) is 6.14. The molecule has 0 saturated carbocycles. The average molecular weight is 236 g/mol. The van der Waals surface area contributed by atoms with Gasteiger partial charge in [-0.15, -0.1) is 0 Å². The van der Waals surface area contributed by atoms with Crippen LogP contribution in [0, 0.1) is 5.82 Å². The van der Waals surface area contributed by atoms with E-state index < -0.39 is 12.0 Å². The van der Waals surface area contributed by atoms with Gasteiger partial charge >= 0.3 is 0 Å². The summed E-state index contributed by atoms with van der Waals surface area (Å²) in [6.07, 6.45) is 1.68. The number of nitrogens with zero attached hydrogens (tertiary/aromatic N) is 2. The summed E-state index contributed by atoms with van der Waals surface area (Å²) in [5, 5.41) is 0.707. The summed E-state index contributed by atoms with van der Waals surface area (Å²) in [5.74, 6) is -0.308. The van der Waals surface area contributed by atoms with Crippen molar-refractivity contribution in [3.63, 3.8) is 0 Å². The number of hydrogen-bond donors (Lipinski definition) is 0. The minimum Gasteiger partial charge on any atom is -0.346 e. The summed E-state index contributed by atoms with van der Waals surface area (Å²) in [6.45, 7) is 2.08. The van der Waals surface area contributed by atoms with Crippen molar-refractivity contribution in [1.82, 2.24) is 9.47 Å². The van der Waals surface area contributed by atoms with Crippen molar-refractivity contribution in [3.8, 4) is 0 Å². The Kier molecular flexibility index (Phi) is 2.36. The first-order chi connectivity index (χ1) is 8.68. The number of benzene rings is 1. The van der Waals surface area contributed by atoms with Crippen LogP contribution >= 0.6 is 0 Å². The van der Waals surface area contributed by atoms with E-state index in [1.807, 2.05) is 32.8 Å². The van der Waals surface area contributed by atoms with Crippen LogP contribution in [0.1, 0.15) is 16.6 Å². The number of rotatable bonds is 3. The zero-order chi connectivity index (χ0) is 14.4. The molecule has 0 aliphatic rings. The highest BCUT2D eigenvalue weighted by molar-refractivity contribution is 5.80. The van der Waals surface area contributed by atoms with E-state index in [0.717, 1.165) is 0 Å². The maximum Gasteiger partial charge on any atom is 0.123 e. The van der Waals surface area contributed by atoms with Crippen molar-refractivity contribution in [3.05, 3.63) is 36.3 Å². The van der Waals surface area contributed by atoms with Crippen LogP contribution in [-0.4, -0.2) is 29.1 Å². The fraction of sp³-hybridized carbons (Fsp3) is 0.429. The highest BCUT2D eigenvalue weighted by atomic mass is 19.1. The van der Waals surface area contributed by atoms with Crippen LogP contribution in [0.4, 0.5) is 4.39 Å². The first-order valence-corrected chi connectivity index (χ1v) is 5.62. The van der Waals surface area contributed by atoms with Gasteiger partial charge in [-0.1, -0.05) is 0 Å². The van der Waals surface area contributed by atoms with E-state index in [4.69, 9.17) is 2.74 Å². The van der Waals surface area contributed by atoms with Crippen LogP contribution in [-0.2, 0) is 6.50 Å². The lowest BCUT2D eigenvalue weighted by molar-refractivity contribution is 0.171. The van der Waals surface area contributed by atoms with Gasteiger partial charge in [0.25, 0.3) is 0 Å². The van der Waals surface area contributed by atoms with Gasteiger partial charge in [0.05, 0.1) is 2.74 Å². The lowest BCUT2D eigenvalue weighted by atomic mass is 10.0. The molecule has 17 heavy (non-hydrogen) atoms. The Hall–Kier alpha value is -1.35. The monoisotopic (exact) mass is 236 g/mol. The van der Waals surface area contributed by atoms with Gasteiger partial charge in [0, 0.05) is 29.1 Å². The van der Waals surface area contributed by atoms with Crippen LogP contribution in [0.25, 0.3) is 10.9 Å². The molecule has 0 unspecified atom stereocenters.